The van der Waals surface area contributed by atoms with Crippen molar-refractivity contribution in [2.45, 2.75) is 25.4 Å². The van der Waals surface area contributed by atoms with Crippen LogP contribution in [0.1, 0.15) is 11.1 Å². The standard InChI is InChI=1S/C21H29O7P/c1-29(24,27-20(12-22)16-25-14-18-8-4-2-5-9-18)28-21(13-23)17-26-15-19-10-6-3-7-11-19/h2-11,20-23H,12-17H2,1H3. The van der Waals surface area contributed by atoms with Crippen LogP contribution in [0.2, 0.25) is 0 Å². The molecule has 2 aromatic carbocycles. The Bertz CT molecular complexity index is 667. The first kappa shape index (κ1) is 23.7. The molecule has 0 aliphatic rings. The van der Waals surface area contributed by atoms with Gasteiger partial charge in [0.05, 0.1) is 39.6 Å². The van der Waals surface area contributed by atoms with Crippen molar-refractivity contribution in [2.24, 2.45) is 0 Å². The molecule has 0 aromatic heterocycles. The maximum absolute atomic E-state index is 12.6. The first-order valence-electron chi connectivity index (χ1n) is 9.41. The molecule has 0 spiro atoms. The third-order valence-electron chi connectivity index (χ3n) is 3.92. The van der Waals surface area contributed by atoms with E-state index in [1.165, 1.54) is 6.66 Å². The Balaban J connectivity index is 1.74. The fourth-order valence-electron chi connectivity index (χ4n) is 2.56. The van der Waals surface area contributed by atoms with Gasteiger partial charge in [-0.15, -0.1) is 0 Å². The maximum Gasteiger partial charge on any atom is 0.328 e. The molecule has 7 nitrogen and oxygen atoms in total. The van der Waals surface area contributed by atoms with Gasteiger partial charge >= 0.3 is 7.60 Å². The van der Waals surface area contributed by atoms with E-state index in [1.54, 1.807) is 0 Å². The van der Waals surface area contributed by atoms with E-state index >= 15 is 0 Å². The third kappa shape index (κ3) is 9.65. The van der Waals surface area contributed by atoms with Crippen molar-refractivity contribution in [3.05, 3.63) is 71.8 Å². The van der Waals surface area contributed by atoms with E-state index in [4.69, 9.17) is 18.5 Å². The summed E-state index contributed by atoms with van der Waals surface area (Å²) in [4.78, 5) is 0. The average molecular weight is 424 g/mol. The molecule has 2 atom stereocenters. The Morgan fingerprint density at radius 1 is 0.759 bits per heavy atom. The number of hydrogen-bond donors (Lipinski definition) is 2. The molecular weight excluding hydrogens is 395 g/mol. The number of rotatable bonds is 14. The molecule has 0 bridgehead atoms. The summed E-state index contributed by atoms with van der Waals surface area (Å²) in [5.41, 5.74) is 1.96. The van der Waals surface area contributed by atoms with Crippen LogP contribution in [0.15, 0.2) is 60.7 Å². The van der Waals surface area contributed by atoms with Gasteiger partial charge in [0.25, 0.3) is 0 Å². The topological polar surface area (TPSA) is 94.5 Å². The van der Waals surface area contributed by atoms with Crippen LogP contribution in [0, 0.1) is 0 Å². The third-order valence-corrected chi connectivity index (χ3v) is 5.28. The van der Waals surface area contributed by atoms with Crippen LogP contribution in [0.4, 0.5) is 0 Å². The lowest BCUT2D eigenvalue weighted by Gasteiger charge is -2.24. The number of benzene rings is 2. The summed E-state index contributed by atoms with van der Waals surface area (Å²) < 4.78 is 34.5. The Kier molecular flexibility index (Phi) is 10.5. The number of hydrogen-bond acceptors (Lipinski definition) is 7. The summed E-state index contributed by atoms with van der Waals surface area (Å²) in [5.74, 6) is 0. The molecule has 2 aromatic rings. The summed E-state index contributed by atoms with van der Waals surface area (Å²) in [5, 5.41) is 19.0. The van der Waals surface area contributed by atoms with Gasteiger partial charge in [0.2, 0.25) is 0 Å². The SMILES string of the molecule is CP(=O)(OC(CO)COCc1ccccc1)OC(CO)COCc1ccccc1. The highest BCUT2D eigenvalue weighted by molar-refractivity contribution is 7.53. The highest BCUT2D eigenvalue weighted by Crippen LogP contribution is 2.46. The highest BCUT2D eigenvalue weighted by atomic mass is 31.2. The quantitative estimate of drug-likeness (QED) is 0.450. The molecule has 8 heteroatoms. The molecular formula is C21H29O7P. The van der Waals surface area contributed by atoms with Crippen LogP contribution in [-0.4, -0.2) is 55.5 Å². The minimum absolute atomic E-state index is 0.0564. The fraction of sp³-hybridized carbons (Fsp3) is 0.429. The number of ether oxygens (including phenoxy) is 2. The molecule has 0 saturated carbocycles. The van der Waals surface area contributed by atoms with Gasteiger partial charge in [-0.25, -0.2) is 0 Å². The lowest BCUT2D eigenvalue weighted by molar-refractivity contribution is -0.0193. The largest absolute Gasteiger partial charge is 0.394 e. The van der Waals surface area contributed by atoms with Crippen molar-refractivity contribution in [3.8, 4) is 0 Å². The monoisotopic (exact) mass is 424 g/mol. The van der Waals surface area contributed by atoms with Crippen LogP contribution in [-0.2, 0) is 36.3 Å². The molecule has 2 rings (SSSR count). The van der Waals surface area contributed by atoms with Crippen LogP contribution in [0.3, 0.4) is 0 Å². The molecule has 0 aliphatic carbocycles. The second-order valence-electron chi connectivity index (χ2n) is 6.59. The van der Waals surface area contributed by atoms with E-state index in [0.717, 1.165) is 11.1 Å². The van der Waals surface area contributed by atoms with Crippen molar-refractivity contribution < 1.29 is 33.3 Å². The van der Waals surface area contributed by atoms with Gasteiger partial charge in [-0.2, -0.15) is 0 Å². The lowest BCUT2D eigenvalue weighted by Crippen LogP contribution is -2.27. The van der Waals surface area contributed by atoms with Crippen molar-refractivity contribution in [2.75, 3.05) is 33.1 Å². The zero-order valence-electron chi connectivity index (χ0n) is 16.6. The van der Waals surface area contributed by atoms with Crippen molar-refractivity contribution >= 4 is 7.60 Å². The molecule has 160 valence electrons. The maximum atomic E-state index is 12.6. The van der Waals surface area contributed by atoms with Gasteiger partial charge < -0.3 is 28.7 Å². The Hall–Kier alpha value is -1.57. The Labute approximate surface area is 171 Å². The molecule has 2 unspecified atom stereocenters. The van der Waals surface area contributed by atoms with E-state index in [-0.39, 0.29) is 26.4 Å². The summed E-state index contributed by atoms with van der Waals surface area (Å²) in [6.07, 6.45) is -1.61. The molecule has 2 N–H and O–H groups in total. The fourth-order valence-corrected chi connectivity index (χ4v) is 3.95. The Morgan fingerprint density at radius 2 is 1.14 bits per heavy atom. The summed E-state index contributed by atoms with van der Waals surface area (Å²) in [7, 11) is -3.54. The van der Waals surface area contributed by atoms with Crippen molar-refractivity contribution in [1.29, 1.82) is 0 Å². The first-order valence-corrected chi connectivity index (χ1v) is 11.4. The van der Waals surface area contributed by atoms with E-state index in [1.807, 2.05) is 60.7 Å². The van der Waals surface area contributed by atoms with Crippen LogP contribution >= 0.6 is 7.60 Å². The predicted octanol–water partition coefficient (Wildman–Crippen LogP) is 3.00. The highest BCUT2D eigenvalue weighted by Gasteiger charge is 2.27. The zero-order valence-corrected chi connectivity index (χ0v) is 17.4. The van der Waals surface area contributed by atoms with Crippen molar-refractivity contribution in [1.82, 2.24) is 0 Å². The molecule has 0 fully saturated rings. The number of aliphatic hydroxyl groups is 2. The molecule has 0 heterocycles. The van der Waals surface area contributed by atoms with Gasteiger partial charge in [0, 0.05) is 6.66 Å². The zero-order chi connectivity index (χ0) is 21.0. The number of aliphatic hydroxyl groups excluding tert-OH is 2. The average Bonchev–Trinajstić information content (AvgIpc) is 2.73. The van der Waals surface area contributed by atoms with Crippen LogP contribution in [0.25, 0.3) is 0 Å². The lowest BCUT2D eigenvalue weighted by atomic mass is 10.2. The minimum atomic E-state index is -3.54. The van der Waals surface area contributed by atoms with Gasteiger partial charge in [-0.3, -0.25) is 4.57 Å². The minimum Gasteiger partial charge on any atom is -0.394 e. The Morgan fingerprint density at radius 3 is 1.48 bits per heavy atom. The van der Waals surface area contributed by atoms with Crippen molar-refractivity contribution in [3.63, 3.8) is 0 Å². The van der Waals surface area contributed by atoms with Crippen LogP contribution < -0.4 is 0 Å². The van der Waals surface area contributed by atoms with Gasteiger partial charge in [0.1, 0.15) is 12.2 Å². The summed E-state index contributed by atoms with van der Waals surface area (Å²) >= 11 is 0. The first-order chi connectivity index (χ1) is 14.0. The molecule has 0 aliphatic heterocycles. The van der Waals surface area contributed by atoms with E-state index in [0.29, 0.717) is 13.2 Å². The second-order valence-corrected chi connectivity index (χ2v) is 8.56. The summed E-state index contributed by atoms with van der Waals surface area (Å²) in [6.45, 7) is 1.37. The molecule has 29 heavy (non-hydrogen) atoms. The normalized spacial score (nSPS) is 15.6. The van der Waals surface area contributed by atoms with Gasteiger partial charge in [0.15, 0.2) is 0 Å². The van der Waals surface area contributed by atoms with E-state index < -0.39 is 19.8 Å². The predicted molar refractivity (Wildman–Crippen MR) is 110 cm³/mol. The molecule has 0 amide bonds. The molecule has 0 radical (unpaired) electrons. The van der Waals surface area contributed by atoms with Gasteiger partial charge in [-0.1, -0.05) is 60.7 Å². The van der Waals surface area contributed by atoms with Crippen LogP contribution in [0.5, 0.6) is 0 Å². The summed E-state index contributed by atoms with van der Waals surface area (Å²) in [6, 6.07) is 19.1. The van der Waals surface area contributed by atoms with E-state index in [9.17, 15) is 14.8 Å². The van der Waals surface area contributed by atoms with Gasteiger partial charge in [-0.05, 0) is 11.1 Å². The smallest absolute Gasteiger partial charge is 0.328 e. The molecule has 0 saturated heterocycles. The van der Waals surface area contributed by atoms with E-state index in [2.05, 4.69) is 0 Å². The second kappa shape index (κ2) is 12.9.